The fourth-order valence-electron chi connectivity index (χ4n) is 4.22. The Balaban J connectivity index is 1.68. The molecule has 2 fully saturated rings. The van der Waals surface area contributed by atoms with Gasteiger partial charge in [-0.05, 0) is 43.9 Å². The van der Waals surface area contributed by atoms with Gasteiger partial charge in [0.25, 0.3) is 5.91 Å². The number of nitrogens with zero attached hydrogens (tertiary/aromatic N) is 3. The lowest BCUT2D eigenvalue weighted by molar-refractivity contribution is -0.117. The zero-order chi connectivity index (χ0) is 16.6. The molecule has 0 aromatic carbocycles. The topological polar surface area (TPSA) is 67.2 Å². The first-order valence-corrected chi connectivity index (χ1v) is 8.56. The summed E-state index contributed by atoms with van der Waals surface area (Å²) in [6.45, 7) is 2.53. The normalized spacial score (nSPS) is 25.6. The fourth-order valence-corrected chi connectivity index (χ4v) is 4.22. The zero-order valence-corrected chi connectivity index (χ0v) is 14.2. The van der Waals surface area contributed by atoms with Crippen LogP contribution in [0.1, 0.15) is 49.5 Å². The number of aromatic nitrogens is 2. The Morgan fingerprint density at radius 3 is 2.70 bits per heavy atom. The third-order valence-electron chi connectivity index (χ3n) is 5.35. The maximum atomic E-state index is 12.4. The number of fused-ring (bicyclic) bond motifs is 2. The average molecular weight is 318 g/mol. The second-order valence-corrected chi connectivity index (χ2v) is 7.11. The average Bonchev–Trinajstić information content (AvgIpc) is 3.21. The van der Waals surface area contributed by atoms with Crippen molar-refractivity contribution in [2.24, 2.45) is 17.8 Å². The van der Waals surface area contributed by atoms with Crippen LogP contribution in [0.3, 0.4) is 0 Å². The Bertz CT molecular complexity index is 608. The van der Waals surface area contributed by atoms with Gasteiger partial charge in [0.2, 0.25) is 5.91 Å². The Kier molecular flexibility index (Phi) is 4.41. The summed E-state index contributed by atoms with van der Waals surface area (Å²) in [5.74, 6) is 1.95. The molecule has 0 aliphatic heterocycles. The highest BCUT2D eigenvalue weighted by Crippen LogP contribution is 2.49. The Morgan fingerprint density at radius 1 is 1.35 bits per heavy atom. The quantitative estimate of drug-likeness (QED) is 0.906. The number of anilines is 1. The highest BCUT2D eigenvalue weighted by molar-refractivity contribution is 6.02. The summed E-state index contributed by atoms with van der Waals surface area (Å²) < 4.78 is 1.63. The monoisotopic (exact) mass is 318 g/mol. The molecule has 2 aliphatic carbocycles. The molecule has 2 aliphatic rings. The van der Waals surface area contributed by atoms with E-state index in [1.54, 1.807) is 25.0 Å². The molecule has 3 rings (SSSR count). The van der Waals surface area contributed by atoms with E-state index >= 15 is 0 Å². The SMILES string of the molecule is CCn1ncc(NC(=O)CC2CC3CCC2C3)c1C(=O)N(C)C. The molecule has 1 heterocycles. The van der Waals surface area contributed by atoms with Crippen molar-refractivity contribution < 1.29 is 9.59 Å². The molecule has 23 heavy (non-hydrogen) atoms. The number of carbonyl (C=O) groups excluding carboxylic acids is 2. The molecular weight excluding hydrogens is 292 g/mol. The van der Waals surface area contributed by atoms with Crippen LogP contribution in [0.15, 0.2) is 6.20 Å². The molecule has 2 amide bonds. The minimum Gasteiger partial charge on any atom is -0.343 e. The van der Waals surface area contributed by atoms with E-state index in [4.69, 9.17) is 0 Å². The smallest absolute Gasteiger partial charge is 0.273 e. The molecule has 0 spiro atoms. The zero-order valence-electron chi connectivity index (χ0n) is 14.2. The van der Waals surface area contributed by atoms with Gasteiger partial charge in [-0.1, -0.05) is 6.42 Å². The summed E-state index contributed by atoms with van der Waals surface area (Å²) in [6.07, 6.45) is 7.26. The predicted octanol–water partition coefficient (Wildman–Crippen LogP) is 2.37. The van der Waals surface area contributed by atoms with E-state index in [0.717, 1.165) is 11.8 Å². The van der Waals surface area contributed by atoms with E-state index in [1.807, 2.05) is 6.92 Å². The summed E-state index contributed by atoms with van der Waals surface area (Å²) in [6, 6.07) is 0. The summed E-state index contributed by atoms with van der Waals surface area (Å²) in [7, 11) is 3.41. The number of hydrogen-bond acceptors (Lipinski definition) is 3. The van der Waals surface area contributed by atoms with E-state index in [2.05, 4.69) is 10.4 Å². The van der Waals surface area contributed by atoms with Gasteiger partial charge in [0.1, 0.15) is 5.69 Å². The number of carbonyl (C=O) groups is 2. The first kappa shape index (κ1) is 16.0. The molecule has 1 aromatic rings. The van der Waals surface area contributed by atoms with Crippen molar-refractivity contribution in [2.75, 3.05) is 19.4 Å². The van der Waals surface area contributed by atoms with Crippen LogP contribution in [0.5, 0.6) is 0 Å². The van der Waals surface area contributed by atoms with Crippen molar-refractivity contribution in [1.29, 1.82) is 0 Å². The van der Waals surface area contributed by atoms with Gasteiger partial charge in [-0.25, -0.2) is 0 Å². The summed E-state index contributed by atoms with van der Waals surface area (Å²) in [4.78, 5) is 26.3. The molecule has 2 bridgehead atoms. The molecule has 126 valence electrons. The van der Waals surface area contributed by atoms with Crippen LogP contribution in [-0.4, -0.2) is 40.6 Å². The van der Waals surface area contributed by atoms with Crippen LogP contribution in [0, 0.1) is 17.8 Å². The van der Waals surface area contributed by atoms with Gasteiger partial charge >= 0.3 is 0 Å². The van der Waals surface area contributed by atoms with E-state index in [-0.39, 0.29) is 11.8 Å². The van der Waals surface area contributed by atoms with Crippen LogP contribution >= 0.6 is 0 Å². The summed E-state index contributed by atoms with van der Waals surface area (Å²) in [5, 5.41) is 7.13. The van der Waals surface area contributed by atoms with Crippen molar-refractivity contribution in [1.82, 2.24) is 14.7 Å². The molecular formula is C17H26N4O2. The number of hydrogen-bond donors (Lipinski definition) is 1. The molecule has 3 unspecified atom stereocenters. The van der Waals surface area contributed by atoms with Crippen molar-refractivity contribution >= 4 is 17.5 Å². The lowest BCUT2D eigenvalue weighted by Crippen LogP contribution is -2.27. The third kappa shape index (κ3) is 3.12. The standard InChI is InChI=1S/C17H26N4O2/c1-4-21-16(17(23)20(2)3)14(10-18-21)19-15(22)9-13-8-11-5-6-12(13)7-11/h10-13H,4-9H2,1-3H3,(H,19,22). The van der Waals surface area contributed by atoms with Gasteiger partial charge in [0, 0.05) is 27.1 Å². The van der Waals surface area contributed by atoms with Gasteiger partial charge in [-0.15, -0.1) is 0 Å². The van der Waals surface area contributed by atoms with Gasteiger partial charge in [-0.3, -0.25) is 14.3 Å². The molecule has 1 aromatic heterocycles. The molecule has 6 heteroatoms. The Hall–Kier alpha value is -1.85. The molecule has 2 saturated carbocycles. The molecule has 6 nitrogen and oxygen atoms in total. The predicted molar refractivity (Wildman–Crippen MR) is 88.1 cm³/mol. The van der Waals surface area contributed by atoms with E-state index in [9.17, 15) is 9.59 Å². The summed E-state index contributed by atoms with van der Waals surface area (Å²) in [5.41, 5.74) is 0.984. The van der Waals surface area contributed by atoms with Crippen molar-refractivity contribution in [3.8, 4) is 0 Å². The number of nitrogens with one attached hydrogen (secondary N) is 1. The van der Waals surface area contributed by atoms with Crippen molar-refractivity contribution in [3.05, 3.63) is 11.9 Å². The largest absolute Gasteiger partial charge is 0.343 e. The minimum absolute atomic E-state index is 0.00556. The van der Waals surface area contributed by atoms with Crippen molar-refractivity contribution in [2.45, 2.75) is 45.6 Å². The van der Waals surface area contributed by atoms with Gasteiger partial charge in [0.05, 0.1) is 11.9 Å². The van der Waals surface area contributed by atoms with Gasteiger partial charge in [0.15, 0.2) is 0 Å². The maximum Gasteiger partial charge on any atom is 0.273 e. The number of amides is 2. The van der Waals surface area contributed by atoms with Crippen LogP contribution in [0.2, 0.25) is 0 Å². The molecule has 3 atom stereocenters. The lowest BCUT2D eigenvalue weighted by atomic mass is 9.86. The van der Waals surface area contributed by atoms with Crippen molar-refractivity contribution in [3.63, 3.8) is 0 Å². The lowest BCUT2D eigenvalue weighted by Gasteiger charge is -2.21. The summed E-state index contributed by atoms with van der Waals surface area (Å²) >= 11 is 0. The maximum absolute atomic E-state index is 12.4. The van der Waals surface area contributed by atoms with Crippen LogP contribution < -0.4 is 5.32 Å². The van der Waals surface area contributed by atoms with Gasteiger partial charge < -0.3 is 10.2 Å². The van der Waals surface area contributed by atoms with Crippen LogP contribution in [0.4, 0.5) is 5.69 Å². The minimum atomic E-state index is -0.139. The Morgan fingerprint density at radius 2 is 2.13 bits per heavy atom. The first-order valence-electron chi connectivity index (χ1n) is 8.56. The molecule has 0 saturated heterocycles. The fraction of sp³-hybridized carbons (Fsp3) is 0.706. The molecule has 0 radical (unpaired) electrons. The second-order valence-electron chi connectivity index (χ2n) is 7.11. The van der Waals surface area contributed by atoms with E-state index in [1.165, 1.54) is 30.6 Å². The van der Waals surface area contributed by atoms with Gasteiger partial charge in [-0.2, -0.15) is 5.10 Å². The van der Waals surface area contributed by atoms with Crippen LogP contribution in [0.25, 0.3) is 0 Å². The number of aryl methyl sites for hydroxylation is 1. The Labute approximate surface area is 137 Å². The van der Waals surface area contributed by atoms with Crippen LogP contribution in [-0.2, 0) is 11.3 Å². The molecule has 1 N–H and O–H groups in total. The van der Waals surface area contributed by atoms with E-state index < -0.39 is 0 Å². The second kappa shape index (κ2) is 6.34. The highest BCUT2D eigenvalue weighted by atomic mass is 16.2. The highest BCUT2D eigenvalue weighted by Gasteiger charge is 2.40. The van der Waals surface area contributed by atoms with E-state index in [0.29, 0.717) is 30.3 Å². The number of rotatable bonds is 5. The first-order chi connectivity index (χ1) is 11.0. The third-order valence-corrected chi connectivity index (χ3v) is 5.35.